The van der Waals surface area contributed by atoms with E-state index in [0.717, 1.165) is 34.2 Å². The Hall–Kier alpha value is -2.43. The maximum absolute atomic E-state index is 5.97. The summed E-state index contributed by atoms with van der Waals surface area (Å²) in [5.41, 5.74) is 9.57. The number of fused-ring (bicyclic) bond motifs is 1. The summed E-state index contributed by atoms with van der Waals surface area (Å²) in [7, 11) is 0. The minimum atomic E-state index is 0.652. The zero-order chi connectivity index (χ0) is 13.4. The topological polar surface area (TPSA) is 69.1 Å². The molecule has 5 heteroatoms. The number of aryl methyl sites for hydroxylation is 2. The third-order valence-corrected chi connectivity index (χ3v) is 3.16. The number of nitrogens with two attached hydrogens (primary N) is 1. The van der Waals surface area contributed by atoms with Crippen molar-refractivity contribution < 1.29 is 0 Å². The van der Waals surface area contributed by atoms with Gasteiger partial charge < -0.3 is 5.73 Å². The Kier molecular flexibility index (Phi) is 2.67. The summed E-state index contributed by atoms with van der Waals surface area (Å²) in [4.78, 5) is 4.45. The number of nitrogen functional groups attached to an aromatic ring is 1. The molecule has 3 rings (SSSR count). The number of anilines is 1. The van der Waals surface area contributed by atoms with Crippen LogP contribution in [0.15, 0.2) is 30.3 Å². The fraction of sp³-hybridized carbons (Fsp3) is 0.214. The molecule has 3 aromatic rings. The van der Waals surface area contributed by atoms with Crippen LogP contribution in [0.2, 0.25) is 0 Å². The van der Waals surface area contributed by atoms with E-state index in [2.05, 4.69) is 15.2 Å². The monoisotopic (exact) mass is 253 g/mol. The van der Waals surface area contributed by atoms with Gasteiger partial charge in [-0.25, -0.2) is 4.98 Å². The lowest BCUT2D eigenvalue weighted by atomic mass is 10.1. The van der Waals surface area contributed by atoms with E-state index in [-0.39, 0.29) is 0 Å². The molecule has 5 nitrogen and oxygen atoms in total. The normalized spacial score (nSPS) is 11.1. The molecule has 0 amide bonds. The van der Waals surface area contributed by atoms with E-state index in [0.29, 0.717) is 6.42 Å². The van der Waals surface area contributed by atoms with Crippen LogP contribution in [0.25, 0.3) is 5.65 Å². The summed E-state index contributed by atoms with van der Waals surface area (Å²) < 4.78 is 1.97. The van der Waals surface area contributed by atoms with Crippen LogP contribution in [0.5, 0.6) is 0 Å². The van der Waals surface area contributed by atoms with Crippen molar-refractivity contribution >= 4 is 11.3 Å². The highest BCUT2D eigenvalue weighted by Crippen LogP contribution is 2.16. The van der Waals surface area contributed by atoms with Crippen LogP contribution in [0, 0.1) is 13.8 Å². The third kappa shape index (κ3) is 2.03. The summed E-state index contributed by atoms with van der Waals surface area (Å²) in [6, 6.07) is 9.74. The first-order valence-electron chi connectivity index (χ1n) is 6.17. The van der Waals surface area contributed by atoms with Crippen molar-refractivity contribution in [3.63, 3.8) is 0 Å². The molecular formula is C14H15N5. The number of aromatic nitrogens is 4. The Labute approximate surface area is 111 Å². The van der Waals surface area contributed by atoms with Crippen molar-refractivity contribution in [3.05, 3.63) is 53.2 Å². The highest BCUT2D eigenvalue weighted by atomic mass is 15.3. The molecule has 0 atom stereocenters. The molecule has 0 unspecified atom stereocenters. The Balaban J connectivity index is 2.09. The highest BCUT2D eigenvalue weighted by molar-refractivity contribution is 5.48. The van der Waals surface area contributed by atoms with Gasteiger partial charge in [0.2, 0.25) is 0 Å². The van der Waals surface area contributed by atoms with Gasteiger partial charge in [0.05, 0.1) is 0 Å². The summed E-state index contributed by atoms with van der Waals surface area (Å²) in [6.07, 6.45) is 0.652. The van der Waals surface area contributed by atoms with Crippen LogP contribution in [0.3, 0.4) is 0 Å². The molecule has 0 aliphatic rings. The van der Waals surface area contributed by atoms with E-state index in [9.17, 15) is 0 Å². The number of rotatable bonds is 2. The van der Waals surface area contributed by atoms with Gasteiger partial charge in [-0.2, -0.15) is 0 Å². The van der Waals surface area contributed by atoms with Crippen LogP contribution in [-0.4, -0.2) is 19.6 Å². The average Bonchev–Trinajstić information content (AvgIpc) is 2.75. The van der Waals surface area contributed by atoms with Crippen LogP contribution in [0.4, 0.5) is 5.69 Å². The van der Waals surface area contributed by atoms with Gasteiger partial charge in [0.25, 0.3) is 0 Å². The fourth-order valence-electron chi connectivity index (χ4n) is 2.28. The maximum atomic E-state index is 5.97. The first-order valence-corrected chi connectivity index (χ1v) is 6.17. The molecule has 0 bridgehead atoms. The highest BCUT2D eigenvalue weighted by Gasteiger charge is 2.11. The lowest BCUT2D eigenvalue weighted by Crippen LogP contribution is -2.04. The summed E-state index contributed by atoms with van der Waals surface area (Å²) in [5, 5.41) is 8.45. The predicted molar refractivity (Wildman–Crippen MR) is 73.9 cm³/mol. The van der Waals surface area contributed by atoms with Crippen LogP contribution < -0.4 is 5.73 Å². The molecule has 2 aromatic heterocycles. The molecule has 0 saturated heterocycles. The molecule has 0 fully saturated rings. The first kappa shape index (κ1) is 11.6. The summed E-state index contributed by atoms with van der Waals surface area (Å²) in [6.45, 7) is 3.91. The number of benzene rings is 1. The number of nitrogens with zero attached hydrogens (tertiary/aromatic N) is 4. The third-order valence-electron chi connectivity index (χ3n) is 3.16. The van der Waals surface area contributed by atoms with E-state index < -0.39 is 0 Å². The second kappa shape index (κ2) is 4.35. The minimum Gasteiger partial charge on any atom is -0.398 e. The smallest absolute Gasteiger partial charge is 0.164 e. The largest absolute Gasteiger partial charge is 0.398 e. The zero-order valence-electron chi connectivity index (χ0n) is 11.0. The van der Waals surface area contributed by atoms with Gasteiger partial charge in [-0.3, -0.25) is 4.40 Å². The van der Waals surface area contributed by atoms with Crippen molar-refractivity contribution in [2.45, 2.75) is 20.3 Å². The molecule has 0 spiro atoms. The summed E-state index contributed by atoms with van der Waals surface area (Å²) >= 11 is 0. The molecule has 0 aliphatic heterocycles. The van der Waals surface area contributed by atoms with E-state index in [1.54, 1.807) is 0 Å². The Morgan fingerprint density at radius 3 is 2.74 bits per heavy atom. The van der Waals surface area contributed by atoms with Crippen LogP contribution in [-0.2, 0) is 6.42 Å². The number of para-hydroxylation sites is 1. The maximum Gasteiger partial charge on any atom is 0.164 e. The molecule has 19 heavy (non-hydrogen) atoms. The van der Waals surface area contributed by atoms with E-state index in [1.807, 2.05) is 48.6 Å². The van der Waals surface area contributed by atoms with E-state index >= 15 is 0 Å². The second-order valence-electron chi connectivity index (χ2n) is 4.63. The van der Waals surface area contributed by atoms with Crippen LogP contribution >= 0.6 is 0 Å². The second-order valence-corrected chi connectivity index (χ2v) is 4.63. The Morgan fingerprint density at radius 2 is 1.95 bits per heavy atom. The van der Waals surface area contributed by atoms with E-state index in [1.165, 1.54) is 0 Å². The van der Waals surface area contributed by atoms with Gasteiger partial charge in [-0.15, -0.1) is 10.2 Å². The molecule has 96 valence electrons. The lowest BCUT2D eigenvalue weighted by Gasteiger charge is -2.06. The van der Waals surface area contributed by atoms with Gasteiger partial charge in [0.1, 0.15) is 11.6 Å². The molecule has 2 heterocycles. The molecule has 0 radical (unpaired) electrons. The first-order chi connectivity index (χ1) is 9.15. The standard InChI is InChI=1S/C14H15N5/c1-9-7-13-17-18-14(19(13)10(2)16-9)8-11-5-3-4-6-12(11)15/h3-7H,8,15H2,1-2H3. The van der Waals surface area contributed by atoms with Gasteiger partial charge in [0.15, 0.2) is 5.65 Å². The molecule has 0 saturated carbocycles. The minimum absolute atomic E-state index is 0.652. The van der Waals surface area contributed by atoms with Crippen molar-refractivity contribution in [1.82, 2.24) is 19.6 Å². The molecule has 1 aromatic carbocycles. The van der Waals surface area contributed by atoms with Crippen molar-refractivity contribution in [2.24, 2.45) is 0 Å². The lowest BCUT2D eigenvalue weighted by molar-refractivity contribution is 0.877. The number of hydrogen-bond donors (Lipinski definition) is 1. The van der Waals surface area contributed by atoms with Gasteiger partial charge >= 0.3 is 0 Å². The fourth-order valence-corrected chi connectivity index (χ4v) is 2.28. The van der Waals surface area contributed by atoms with E-state index in [4.69, 9.17) is 5.73 Å². The van der Waals surface area contributed by atoms with Gasteiger partial charge in [0, 0.05) is 23.9 Å². The molecular weight excluding hydrogens is 238 g/mol. The van der Waals surface area contributed by atoms with Gasteiger partial charge in [-0.05, 0) is 25.5 Å². The van der Waals surface area contributed by atoms with Crippen molar-refractivity contribution in [3.8, 4) is 0 Å². The SMILES string of the molecule is Cc1cc2nnc(Cc3ccccc3N)n2c(C)n1. The van der Waals surface area contributed by atoms with Gasteiger partial charge in [-0.1, -0.05) is 18.2 Å². The van der Waals surface area contributed by atoms with Crippen molar-refractivity contribution in [1.29, 1.82) is 0 Å². The zero-order valence-corrected chi connectivity index (χ0v) is 11.0. The summed E-state index contributed by atoms with van der Waals surface area (Å²) in [5.74, 6) is 1.75. The van der Waals surface area contributed by atoms with Crippen molar-refractivity contribution in [2.75, 3.05) is 5.73 Å². The Bertz CT molecular complexity index is 745. The Morgan fingerprint density at radius 1 is 1.16 bits per heavy atom. The average molecular weight is 253 g/mol. The molecule has 0 aliphatic carbocycles. The number of hydrogen-bond acceptors (Lipinski definition) is 4. The molecule has 2 N–H and O–H groups in total. The predicted octanol–water partition coefficient (Wildman–Crippen LogP) is 1.91. The quantitative estimate of drug-likeness (QED) is 0.708. The van der Waals surface area contributed by atoms with Crippen LogP contribution in [0.1, 0.15) is 22.9 Å².